The number of ether oxygens (including phenoxy) is 1. The van der Waals surface area contributed by atoms with Gasteiger partial charge in [0.2, 0.25) is 0 Å². The lowest BCUT2D eigenvalue weighted by molar-refractivity contribution is -0.153. The van der Waals surface area contributed by atoms with E-state index in [2.05, 4.69) is 4.98 Å². The lowest BCUT2D eigenvalue weighted by Crippen LogP contribution is -2.19. The van der Waals surface area contributed by atoms with Crippen LogP contribution in [0.1, 0.15) is 18.2 Å². The third-order valence-corrected chi connectivity index (χ3v) is 3.08. The minimum absolute atomic E-state index is 0.0947. The highest BCUT2D eigenvalue weighted by atomic mass is 19.4. The average Bonchev–Trinajstić information content (AvgIpc) is 2.36. The molecular formula is C14H15F3N2O. The first kappa shape index (κ1) is 14.4. The highest BCUT2D eigenvalue weighted by molar-refractivity contribution is 5.95. The summed E-state index contributed by atoms with van der Waals surface area (Å²) in [6.45, 7) is 2.40. The normalized spacial score (nSPS) is 11.8. The van der Waals surface area contributed by atoms with Gasteiger partial charge in [-0.3, -0.25) is 0 Å². The predicted molar refractivity (Wildman–Crippen MR) is 71.8 cm³/mol. The van der Waals surface area contributed by atoms with Crippen LogP contribution in [0.4, 0.5) is 18.9 Å². The lowest BCUT2D eigenvalue weighted by atomic mass is 10.0. The maximum absolute atomic E-state index is 12.2. The van der Waals surface area contributed by atoms with Gasteiger partial charge in [0, 0.05) is 16.8 Å². The van der Waals surface area contributed by atoms with Gasteiger partial charge in [-0.05, 0) is 25.0 Å². The maximum Gasteiger partial charge on any atom is 0.422 e. The molecule has 0 aliphatic rings. The number of pyridine rings is 1. The summed E-state index contributed by atoms with van der Waals surface area (Å²) < 4.78 is 41.6. The quantitative estimate of drug-likeness (QED) is 0.936. The van der Waals surface area contributed by atoms with Crippen molar-refractivity contribution in [1.82, 2.24) is 4.98 Å². The molecule has 2 N–H and O–H groups in total. The van der Waals surface area contributed by atoms with Gasteiger partial charge in [0.1, 0.15) is 11.3 Å². The number of para-hydroxylation sites is 1. The van der Waals surface area contributed by atoms with Crippen molar-refractivity contribution in [2.75, 3.05) is 12.3 Å². The number of anilines is 1. The summed E-state index contributed by atoms with van der Waals surface area (Å²) in [6.07, 6.45) is -3.67. The second kappa shape index (κ2) is 5.19. The van der Waals surface area contributed by atoms with Crippen LogP contribution >= 0.6 is 0 Å². The zero-order chi connectivity index (χ0) is 14.9. The Morgan fingerprint density at radius 3 is 2.60 bits per heavy atom. The molecule has 0 bridgehead atoms. The molecule has 0 saturated heterocycles. The van der Waals surface area contributed by atoms with Crippen molar-refractivity contribution >= 4 is 16.6 Å². The first-order valence-electron chi connectivity index (χ1n) is 6.20. The number of aromatic nitrogens is 1. The number of aryl methyl sites for hydroxylation is 1. The Balaban J connectivity index is 2.53. The first-order chi connectivity index (χ1) is 9.33. The van der Waals surface area contributed by atoms with Crippen LogP contribution < -0.4 is 10.5 Å². The summed E-state index contributed by atoms with van der Waals surface area (Å²) in [7, 11) is 0. The van der Waals surface area contributed by atoms with E-state index in [0.29, 0.717) is 28.7 Å². The molecule has 1 aromatic heterocycles. The minimum atomic E-state index is -4.38. The van der Waals surface area contributed by atoms with Gasteiger partial charge in [-0.15, -0.1) is 0 Å². The number of nitrogen functional groups attached to an aromatic ring is 1. The van der Waals surface area contributed by atoms with E-state index in [9.17, 15) is 13.2 Å². The number of nitrogens with two attached hydrogens (primary N) is 1. The molecule has 0 aliphatic carbocycles. The molecule has 20 heavy (non-hydrogen) atoms. The van der Waals surface area contributed by atoms with Crippen LogP contribution in [-0.2, 0) is 6.42 Å². The smallest absolute Gasteiger partial charge is 0.422 e. The molecule has 6 heteroatoms. The fraction of sp³-hybridized carbons (Fsp3) is 0.357. The van der Waals surface area contributed by atoms with Crippen molar-refractivity contribution in [3.63, 3.8) is 0 Å². The van der Waals surface area contributed by atoms with E-state index in [1.54, 1.807) is 19.1 Å². The van der Waals surface area contributed by atoms with Crippen molar-refractivity contribution in [1.29, 1.82) is 0 Å². The standard InChI is InChI=1S/C14H15F3N2O/c1-3-9-8(2)19-13-10(12(9)18)5-4-6-11(13)20-7-14(15,16)17/h4-6H,3,7H2,1-2H3,(H2,18,19). The molecule has 2 rings (SSSR count). The van der Waals surface area contributed by atoms with Crippen LogP contribution in [0, 0.1) is 6.92 Å². The molecular weight excluding hydrogens is 269 g/mol. The predicted octanol–water partition coefficient (Wildman–Crippen LogP) is 3.63. The summed E-state index contributed by atoms with van der Waals surface area (Å²) in [5, 5.41) is 0.618. The van der Waals surface area contributed by atoms with E-state index >= 15 is 0 Å². The van der Waals surface area contributed by atoms with Crippen molar-refractivity contribution in [2.45, 2.75) is 26.4 Å². The molecule has 0 saturated carbocycles. The van der Waals surface area contributed by atoms with Crippen LogP contribution in [0.5, 0.6) is 5.75 Å². The lowest BCUT2D eigenvalue weighted by Gasteiger charge is -2.14. The monoisotopic (exact) mass is 284 g/mol. The molecule has 0 fully saturated rings. The number of rotatable bonds is 3. The summed E-state index contributed by atoms with van der Waals surface area (Å²) in [6, 6.07) is 4.81. The van der Waals surface area contributed by atoms with Crippen LogP contribution in [0.3, 0.4) is 0 Å². The van der Waals surface area contributed by atoms with Crippen molar-refractivity contribution in [3.05, 3.63) is 29.5 Å². The van der Waals surface area contributed by atoms with Gasteiger partial charge >= 0.3 is 6.18 Å². The number of hydrogen-bond acceptors (Lipinski definition) is 3. The van der Waals surface area contributed by atoms with Gasteiger partial charge in [0.25, 0.3) is 0 Å². The van der Waals surface area contributed by atoms with Crippen LogP contribution in [0.2, 0.25) is 0 Å². The molecule has 0 aliphatic heterocycles. The van der Waals surface area contributed by atoms with Crippen LogP contribution in [-0.4, -0.2) is 17.8 Å². The molecule has 108 valence electrons. The topological polar surface area (TPSA) is 48.1 Å². The molecule has 3 nitrogen and oxygen atoms in total. The van der Waals surface area contributed by atoms with Crippen molar-refractivity contribution < 1.29 is 17.9 Å². The van der Waals surface area contributed by atoms with E-state index in [1.807, 2.05) is 6.92 Å². The third-order valence-electron chi connectivity index (χ3n) is 3.08. The largest absolute Gasteiger partial charge is 0.482 e. The fourth-order valence-electron chi connectivity index (χ4n) is 2.17. The molecule has 0 radical (unpaired) electrons. The number of hydrogen-bond donors (Lipinski definition) is 1. The molecule has 1 heterocycles. The number of halogens is 3. The van der Waals surface area contributed by atoms with Gasteiger partial charge in [-0.2, -0.15) is 13.2 Å². The van der Waals surface area contributed by atoms with Gasteiger partial charge in [-0.25, -0.2) is 4.98 Å². The summed E-state index contributed by atoms with van der Waals surface area (Å²) in [5.74, 6) is 0.0947. The van der Waals surface area contributed by atoms with Crippen LogP contribution in [0.25, 0.3) is 10.9 Å². The minimum Gasteiger partial charge on any atom is -0.482 e. The van der Waals surface area contributed by atoms with Crippen molar-refractivity contribution in [3.8, 4) is 5.75 Å². The van der Waals surface area contributed by atoms with E-state index in [1.165, 1.54) is 6.07 Å². The third kappa shape index (κ3) is 2.79. The van der Waals surface area contributed by atoms with E-state index in [-0.39, 0.29) is 5.75 Å². The molecule has 1 aromatic carbocycles. The molecule has 0 amide bonds. The van der Waals surface area contributed by atoms with Crippen LogP contribution in [0.15, 0.2) is 18.2 Å². The molecule has 0 unspecified atom stereocenters. The average molecular weight is 284 g/mol. The number of fused-ring (bicyclic) bond motifs is 1. The Hall–Kier alpha value is -1.98. The maximum atomic E-state index is 12.2. The first-order valence-corrected chi connectivity index (χ1v) is 6.20. The highest BCUT2D eigenvalue weighted by Crippen LogP contribution is 2.32. The van der Waals surface area contributed by atoms with Gasteiger partial charge in [0.15, 0.2) is 6.61 Å². The van der Waals surface area contributed by atoms with E-state index in [4.69, 9.17) is 10.5 Å². The molecule has 0 atom stereocenters. The fourth-order valence-corrected chi connectivity index (χ4v) is 2.17. The Labute approximate surface area is 114 Å². The second-order valence-electron chi connectivity index (χ2n) is 4.50. The number of nitrogens with zero attached hydrogens (tertiary/aromatic N) is 1. The molecule has 2 aromatic rings. The zero-order valence-corrected chi connectivity index (χ0v) is 11.2. The Morgan fingerprint density at radius 2 is 2.00 bits per heavy atom. The highest BCUT2D eigenvalue weighted by Gasteiger charge is 2.29. The van der Waals surface area contributed by atoms with Gasteiger partial charge in [-0.1, -0.05) is 19.1 Å². The second-order valence-corrected chi connectivity index (χ2v) is 4.50. The van der Waals surface area contributed by atoms with Gasteiger partial charge < -0.3 is 10.5 Å². The zero-order valence-electron chi connectivity index (χ0n) is 11.2. The Bertz CT molecular complexity index is 638. The van der Waals surface area contributed by atoms with E-state index < -0.39 is 12.8 Å². The SMILES string of the molecule is CCc1c(C)nc2c(OCC(F)(F)F)cccc2c1N. The van der Waals surface area contributed by atoms with E-state index in [0.717, 1.165) is 5.56 Å². The molecule has 0 spiro atoms. The summed E-state index contributed by atoms with van der Waals surface area (Å²) >= 11 is 0. The number of alkyl halides is 3. The summed E-state index contributed by atoms with van der Waals surface area (Å²) in [4.78, 5) is 4.34. The number of benzene rings is 1. The summed E-state index contributed by atoms with van der Waals surface area (Å²) in [5.41, 5.74) is 8.59. The van der Waals surface area contributed by atoms with Gasteiger partial charge in [0.05, 0.1) is 0 Å². The van der Waals surface area contributed by atoms with Crippen molar-refractivity contribution in [2.24, 2.45) is 0 Å². The Morgan fingerprint density at radius 1 is 1.30 bits per heavy atom. The Kier molecular flexibility index (Phi) is 3.74.